The lowest BCUT2D eigenvalue weighted by molar-refractivity contribution is 0.481. The highest BCUT2D eigenvalue weighted by atomic mass is 14.8. The standard InChI is InChI=1S/C15H20N2/c1-11(2)14(10-16-3)12-8-9-17-15-7-5-4-6-13(12)15/h4-9,11,14,16H,10H2,1-3H3. The largest absolute Gasteiger partial charge is 0.319 e. The van der Waals surface area contributed by atoms with Crippen LogP contribution in [-0.4, -0.2) is 18.6 Å². The van der Waals surface area contributed by atoms with Gasteiger partial charge in [0.1, 0.15) is 0 Å². The van der Waals surface area contributed by atoms with Gasteiger partial charge in [-0.1, -0.05) is 32.0 Å². The average Bonchev–Trinajstić information content (AvgIpc) is 2.35. The van der Waals surface area contributed by atoms with Crippen LogP contribution in [0.3, 0.4) is 0 Å². The monoisotopic (exact) mass is 228 g/mol. The van der Waals surface area contributed by atoms with Crippen molar-refractivity contribution in [2.45, 2.75) is 19.8 Å². The van der Waals surface area contributed by atoms with Crippen molar-refractivity contribution in [1.29, 1.82) is 0 Å². The molecule has 1 N–H and O–H groups in total. The van der Waals surface area contributed by atoms with Crippen molar-refractivity contribution >= 4 is 10.9 Å². The summed E-state index contributed by atoms with van der Waals surface area (Å²) in [5, 5.41) is 4.57. The minimum atomic E-state index is 0.535. The molecule has 0 saturated carbocycles. The van der Waals surface area contributed by atoms with Gasteiger partial charge in [0.15, 0.2) is 0 Å². The summed E-state index contributed by atoms with van der Waals surface area (Å²) in [5.41, 5.74) is 2.49. The van der Waals surface area contributed by atoms with Crippen LogP contribution in [0.15, 0.2) is 36.5 Å². The summed E-state index contributed by atoms with van der Waals surface area (Å²) in [4.78, 5) is 4.42. The first-order valence-electron chi connectivity index (χ1n) is 6.22. The zero-order chi connectivity index (χ0) is 12.3. The maximum atomic E-state index is 4.42. The van der Waals surface area contributed by atoms with Gasteiger partial charge in [-0.05, 0) is 36.6 Å². The molecule has 0 amide bonds. The fraction of sp³-hybridized carbons (Fsp3) is 0.400. The number of aromatic nitrogens is 1. The minimum absolute atomic E-state index is 0.535. The average molecular weight is 228 g/mol. The molecule has 0 aliphatic heterocycles. The highest BCUT2D eigenvalue weighted by Crippen LogP contribution is 2.29. The molecule has 0 radical (unpaired) electrons. The fourth-order valence-corrected chi connectivity index (χ4v) is 2.37. The predicted molar refractivity (Wildman–Crippen MR) is 73.2 cm³/mol. The predicted octanol–water partition coefficient (Wildman–Crippen LogP) is 3.19. The second-order valence-electron chi connectivity index (χ2n) is 4.83. The normalized spacial score (nSPS) is 13.2. The first kappa shape index (κ1) is 12.1. The molecule has 0 aliphatic carbocycles. The van der Waals surface area contributed by atoms with Gasteiger partial charge in [0.2, 0.25) is 0 Å². The molecule has 2 aromatic rings. The Bertz CT molecular complexity index is 486. The van der Waals surface area contributed by atoms with Crippen molar-refractivity contribution in [2.75, 3.05) is 13.6 Å². The van der Waals surface area contributed by atoms with Crippen molar-refractivity contribution in [3.8, 4) is 0 Å². The van der Waals surface area contributed by atoms with Crippen LogP contribution >= 0.6 is 0 Å². The van der Waals surface area contributed by atoms with E-state index in [2.05, 4.69) is 48.4 Å². The molecule has 2 nitrogen and oxygen atoms in total. The van der Waals surface area contributed by atoms with Crippen molar-refractivity contribution in [2.24, 2.45) is 5.92 Å². The summed E-state index contributed by atoms with van der Waals surface area (Å²) in [5.74, 6) is 1.15. The Hall–Kier alpha value is -1.41. The molecule has 0 bridgehead atoms. The van der Waals surface area contributed by atoms with Crippen LogP contribution < -0.4 is 5.32 Å². The molecule has 0 fully saturated rings. The van der Waals surface area contributed by atoms with Gasteiger partial charge in [-0.2, -0.15) is 0 Å². The molecule has 2 heteroatoms. The zero-order valence-corrected chi connectivity index (χ0v) is 10.8. The quantitative estimate of drug-likeness (QED) is 0.869. The SMILES string of the molecule is CNCC(c1ccnc2ccccc12)C(C)C. The number of hydrogen-bond donors (Lipinski definition) is 1. The Morgan fingerprint density at radius 3 is 2.65 bits per heavy atom. The highest BCUT2D eigenvalue weighted by Gasteiger charge is 2.17. The van der Waals surface area contributed by atoms with Gasteiger partial charge in [-0.25, -0.2) is 0 Å². The zero-order valence-electron chi connectivity index (χ0n) is 10.8. The second kappa shape index (κ2) is 5.28. The van der Waals surface area contributed by atoms with Crippen LogP contribution in [0, 0.1) is 5.92 Å². The topological polar surface area (TPSA) is 24.9 Å². The van der Waals surface area contributed by atoms with Crippen LogP contribution in [0.1, 0.15) is 25.3 Å². The highest BCUT2D eigenvalue weighted by molar-refractivity contribution is 5.82. The third-order valence-electron chi connectivity index (χ3n) is 3.31. The molecule has 0 aliphatic rings. The first-order valence-corrected chi connectivity index (χ1v) is 6.22. The fourth-order valence-electron chi connectivity index (χ4n) is 2.37. The van der Waals surface area contributed by atoms with Gasteiger partial charge in [0, 0.05) is 18.1 Å². The number of hydrogen-bond acceptors (Lipinski definition) is 2. The van der Waals surface area contributed by atoms with E-state index in [9.17, 15) is 0 Å². The Morgan fingerprint density at radius 2 is 1.94 bits per heavy atom. The van der Waals surface area contributed by atoms with Crippen LogP contribution in [0.2, 0.25) is 0 Å². The minimum Gasteiger partial charge on any atom is -0.319 e. The summed E-state index contributed by atoms with van der Waals surface area (Å²) in [7, 11) is 2.01. The lowest BCUT2D eigenvalue weighted by Gasteiger charge is -2.22. The number of nitrogens with one attached hydrogen (secondary N) is 1. The van der Waals surface area contributed by atoms with Crippen LogP contribution in [0.5, 0.6) is 0 Å². The van der Waals surface area contributed by atoms with Crippen molar-refractivity contribution in [3.05, 3.63) is 42.1 Å². The number of rotatable bonds is 4. The molecule has 0 saturated heterocycles. The summed E-state index contributed by atoms with van der Waals surface area (Å²) >= 11 is 0. The van der Waals surface area contributed by atoms with Crippen molar-refractivity contribution < 1.29 is 0 Å². The van der Waals surface area contributed by atoms with Crippen LogP contribution in [-0.2, 0) is 0 Å². The number of benzene rings is 1. The van der Waals surface area contributed by atoms with Gasteiger partial charge in [-0.3, -0.25) is 4.98 Å². The molecule has 17 heavy (non-hydrogen) atoms. The van der Waals surface area contributed by atoms with Gasteiger partial charge < -0.3 is 5.32 Å². The van der Waals surface area contributed by atoms with Gasteiger partial charge in [0.25, 0.3) is 0 Å². The lowest BCUT2D eigenvalue weighted by atomic mass is 9.86. The smallest absolute Gasteiger partial charge is 0.0704 e. The maximum absolute atomic E-state index is 4.42. The number of nitrogens with zero attached hydrogens (tertiary/aromatic N) is 1. The summed E-state index contributed by atoms with van der Waals surface area (Å²) in [6.07, 6.45) is 1.92. The Balaban J connectivity index is 2.52. The molecule has 1 atom stereocenters. The third-order valence-corrected chi connectivity index (χ3v) is 3.31. The van der Waals surface area contributed by atoms with Crippen molar-refractivity contribution in [3.63, 3.8) is 0 Å². The Kier molecular flexibility index (Phi) is 3.75. The summed E-state index contributed by atoms with van der Waals surface area (Å²) in [6, 6.07) is 10.5. The van der Waals surface area contributed by atoms with Crippen LogP contribution in [0.25, 0.3) is 10.9 Å². The Morgan fingerprint density at radius 1 is 1.18 bits per heavy atom. The van der Waals surface area contributed by atoms with E-state index in [1.54, 1.807) is 0 Å². The van der Waals surface area contributed by atoms with E-state index < -0.39 is 0 Å². The Labute approximate surface area is 103 Å². The molecule has 2 rings (SSSR count). The molecular weight excluding hydrogens is 208 g/mol. The van der Waals surface area contributed by atoms with E-state index in [-0.39, 0.29) is 0 Å². The third kappa shape index (κ3) is 2.47. The van der Waals surface area contributed by atoms with Crippen LogP contribution in [0.4, 0.5) is 0 Å². The molecule has 1 aromatic heterocycles. The van der Waals surface area contributed by atoms with E-state index in [0.717, 1.165) is 12.1 Å². The van der Waals surface area contributed by atoms with E-state index >= 15 is 0 Å². The van der Waals surface area contributed by atoms with E-state index in [0.29, 0.717) is 11.8 Å². The molecule has 1 aromatic carbocycles. The number of para-hydroxylation sites is 1. The summed E-state index contributed by atoms with van der Waals surface area (Å²) in [6.45, 7) is 5.56. The number of pyridine rings is 1. The van der Waals surface area contributed by atoms with Crippen molar-refractivity contribution in [1.82, 2.24) is 10.3 Å². The lowest BCUT2D eigenvalue weighted by Crippen LogP contribution is -2.21. The molecule has 1 unspecified atom stereocenters. The number of likely N-dealkylation sites (N-methyl/N-ethyl adjacent to an activating group) is 1. The molecule has 90 valence electrons. The second-order valence-corrected chi connectivity index (χ2v) is 4.83. The van der Waals surface area contributed by atoms with E-state index in [1.807, 2.05) is 19.3 Å². The van der Waals surface area contributed by atoms with E-state index in [1.165, 1.54) is 10.9 Å². The molecular formula is C15H20N2. The van der Waals surface area contributed by atoms with Gasteiger partial charge in [0.05, 0.1) is 5.52 Å². The van der Waals surface area contributed by atoms with Gasteiger partial charge >= 0.3 is 0 Å². The number of fused-ring (bicyclic) bond motifs is 1. The first-order chi connectivity index (χ1) is 8.24. The van der Waals surface area contributed by atoms with Gasteiger partial charge in [-0.15, -0.1) is 0 Å². The maximum Gasteiger partial charge on any atom is 0.0704 e. The summed E-state index contributed by atoms with van der Waals surface area (Å²) < 4.78 is 0. The molecule has 0 spiro atoms. The molecule has 1 heterocycles. The van der Waals surface area contributed by atoms with E-state index in [4.69, 9.17) is 0 Å².